The third-order valence-corrected chi connectivity index (χ3v) is 4.95. The Morgan fingerprint density at radius 3 is 2.48 bits per heavy atom. The lowest BCUT2D eigenvalue weighted by molar-refractivity contribution is 0.600. The molecule has 0 radical (unpaired) electrons. The van der Waals surface area contributed by atoms with Crippen LogP contribution in [-0.4, -0.2) is 19.9 Å². The van der Waals surface area contributed by atoms with Gasteiger partial charge in [-0.2, -0.15) is 0 Å². The van der Waals surface area contributed by atoms with Crippen LogP contribution in [0.4, 0.5) is 11.5 Å². The zero-order chi connectivity index (χ0) is 16.9. The summed E-state index contributed by atoms with van der Waals surface area (Å²) in [5.41, 5.74) is 1.58. The normalized spacial score (nSPS) is 11.5. The Kier molecular flexibility index (Phi) is 5.60. The Morgan fingerprint density at radius 1 is 1.13 bits per heavy atom. The van der Waals surface area contributed by atoms with Crippen molar-refractivity contribution in [3.63, 3.8) is 0 Å². The zero-order valence-electron chi connectivity index (χ0n) is 13.7. The number of nitrogens with one attached hydrogen (secondary N) is 2. The van der Waals surface area contributed by atoms with E-state index in [4.69, 9.17) is 0 Å². The molecule has 0 saturated heterocycles. The van der Waals surface area contributed by atoms with Crippen molar-refractivity contribution < 1.29 is 8.42 Å². The highest BCUT2D eigenvalue weighted by Gasteiger charge is 2.16. The number of sulfonamides is 1. The van der Waals surface area contributed by atoms with Gasteiger partial charge in [-0.1, -0.05) is 32.0 Å². The van der Waals surface area contributed by atoms with Gasteiger partial charge in [-0.05, 0) is 43.0 Å². The number of nitrogens with zero attached hydrogens (tertiary/aromatic N) is 1. The summed E-state index contributed by atoms with van der Waals surface area (Å²) in [5, 5.41) is 3.27. The molecule has 0 amide bonds. The van der Waals surface area contributed by atoms with Gasteiger partial charge in [-0.3, -0.25) is 4.72 Å². The van der Waals surface area contributed by atoms with Gasteiger partial charge in [0.05, 0.1) is 16.8 Å². The minimum absolute atomic E-state index is 0.265. The van der Waals surface area contributed by atoms with Crippen molar-refractivity contribution in [2.45, 2.75) is 32.1 Å². The first-order chi connectivity index (χ1) is 10.9. The standard InChI is InChI=1S/C17H23N3O2S/c1-13(2)10-11-18-15-8-9-17(19-12-15)20-23(21,22)16-7-5-4-6-14(16)3/h4-9,12-13,18H,10-11H2,1-3H3,(H,19,20). The number of hydrogen-bond donors (Lipinski definition) is 2. The number of anilines is 2. The third kappa shape index (κ3) is 4.96. The molecule has 6 heteroatoms. The van der Waals surface area contributed by atoms with Gasteiger partial charge in [-0.25, -0.2) is 13.4 Å². The Labute approximate surface area is 138 Å². The Bertz CT molecular complexity index is 741. The Morgan fingerprint density at radius 2 is 1.87 bits per heavy atom. The van der Waals surface area contributed by atoms with Gasteiger partial charge in [0.1, 0.15) is 5.82 Å². The van der Waals surface area contributed by atoms with Gasteiger partial charge in [0.15, 0.2) is 0 Å². The number of hydrogen-bond acceptors (Lipinski definition) is 4. The van der Waals surface area contributed by atoms with Crippen LogP contribution in [0.25, 0.3) is 0 Å². The number of pyridine rings is 1. The number of rotatable bonds is 7. The Balaban J connectivity index is 2.04. The smallest absolute Gasteiger partial charge is 0.263 e. The maximum absolute atomic E-state index is 12.4. The Hall–Kier alpha value is -2.08. The molecule has 0 atom stereocenters. The quantitative estimate of drug-likeness (QED) is 0.811. The van der Waals surface area contributed by atoms with Crippen molar-refractivity contribution in [1.82, 2.24) is 4.98 Å². The topological polar surface area (TPSA) is 71.1 Å². The van der Waals surface area contributed by atoms with Crippen LogP contribution >= 0.6 is 0 Å². The molecule has 0 saturated carbocycles. The number of benzene rings is 1. The van der Waals surface area contributed by atoms with Crippen molar-refractivity contribution in [3.8, 4) is 0 Å². The molecule has 2 rings (SSSR count). The van der Waals surface area contributed by atoms with Crippen LogP contribution in [0, 0.1) is 12.8 Å². The molecule has 1 aromatic heterocycles. The first-order valence-electron chi connectivity index (χ1n) is 7.67. The zero-order valence-corrected chi connectivity index (χ0v) is 14.5. The molecule has 1 heterocycles. The lowest BCUT2D eigenvalue weighted by atomic mass is 10.1. The highest BCUT2D eigenvalue weighted by atomic mass is 32.2. The summed E-state index contributed by atoms with van der Waals surface area (Å²) in [7, 11) is -3.62. The predicted octanol–water partition coefficient (Wildman–Crippen LogP) is 3.65. The molecule has 5 nitrogen and oxygen atoms in total. The molecule has 0 bridgehead atoms. The van der Waals surface area contributed by atoms with Crippen LogP contribution in [0.15, 0.2) is 47.5 Å². The van der Waals surface area contributed by atoms with Gasteiger partial charge in [0, 0.05) is 6.54 Å². The summed E-state index contributed by atoms with van der Waals surface area (Å²) in [5.74, 6) is 0.943. The molecular weight excluding hydrogens is 310 g/mol. The van der Waals surface area contributed by atoms with Crippen molar-refractivity contribution in [1.29, 1.82) is 0 Å². The van der Waals surface area contributed by atoms with E-state index in [1.54, 1.807) is 37.4 Å². The monoisotopic (exact) mass is 333 g/mol. The molecule has 0 aliphatic rings. The highest BCUT2D eigenvalue weighted by molar-refractivity contribution is 7.92. The average molecular weight is 333 g/mol. The van der Waals surface area contributed by atoms with Crippen LogP contribution in [0.3, 0.4) is 0 Å². The van der Waals surface area contributed by atoms with E-state index in [1.165, 1.54) is 0 Å². The van der Waals surface area contributed by atoms with Crippen LogP contribution in [0.2, 0.25) is 0 Å². The summed E-state index contributed by atoms with van der Waals surface area (Å²) in [6.07, 6.45) is 2.71. The molecule has 0 aliphatic heterocycles. The van der Waals surface area contributed by atoms with Gasteiger partial charge in [0.25, 0.3) is 10.0 Å². The van der Waals surface area contributed by atoms with E-state index < -0.39 is 10.0 Å². The first-order valence-corrected chi connectivity index (χ1v) is 9.15. The van der Waals surface area contributed by atoms with E-state index in [2.05, 4.69) is 28.9 Å². The molecular formula is C17H23N3O2S. The van der Waals surface area contributed by atoms with Crippen LogP contribution < -0.4 is 10.0 Å². The largest absolute Gasteiger partial charge is 0.384 e. The molecule has 0 aliphatic carbocycles. The van der Waals surface area contributed by atoms with Crippen LogP contribution in [-0.2, 0) is 10.0 Å². The SMILES string of the molecule is Cc1ccccc1S(=O)(=O)Nc1ccc(NCCC(C)C)cn1. The number of aromatic nitrogens is 1. The first kappa shape index (κ1) is 17.3. The molecule has 1 aromatic carbocycles. The molecule has 124 valence electrons. The van der Waals surface area contributed by atoms with Crippen LogP contribution in [0.1, 0.15) is 25.8 Å². The maximum Gasteiger partial charge on any atom is 0.263 e. The molecule has 2 N–H and O–H groups in total. The van der Waals surface area contributed by atoms with Gasteiger partial charge in [-0.15, -0.1) is 0 Å². The fourth-order valence-corrected chi connectivity index (χ4v) is 3.37. The van der Waals surface area contributed by atoms with E-state index in [0.717, 1.165) is 18.7 Å². The van der Waals surface area contributed by atoms with E-state index in [1.807, 2.05) is 12.1 Å². The third-order valence-electron chi connectivity index (χ3n) is 3.44. The summed E-state index contributed by atoms with van der Waals surface area (Å²) in [6, 6.07) is 10.3. The van der Waals surface area contributed by atoms with Gasteiger partial charge >= 0.3 is 0 Å². The second-order valence-electron chi connectivity index (χ2n) is 5.91. The summed E-state index contributed by atoms with van der Waals surface area (Å²) >= 11 is 0. The predicted molar refractivity (Wildman–Crippen MR) is 94.2 cm³/mol. The van der Waals surface area contributed by atoms with Crippen molar-refractivity contribution in [2.75, 3.05) is 16.6 Å². The van der Waals surface area contributed by atoms with E-state index in [-0.39, 0.29) is 4.90 Å². The minimum atomic E-state index is -3.62. The molecule has 0 unspecified atom stereocenters. The summed E-state index contributed by atoms with van der Waals surface area (Å²) in [6.45, 7) is 6.98. The summed E-state index contributed by atoms with van der Waals surface area (Å²) < 4.78 is 27.3. The maximum atomic E-state index is 12.4. The fraction of sp³-hybridized carbons (Fsp3) is 0.353. The fourth-order valence-electron chi connectivity index (χ4n) is 2.11. The second kappa shape index (κ2) is 7.46. The lowest BCUT2D eigenvalue weighted by Crippen LogP contribution is -2.15. The van der Waals surface area contributed by atoms with E-state index in [9.17, 15) is 8.42 Å². The molecule has 2 aromatic rings. The molecule has 0 spiro atoms. The average Bonchev–Trinajstić information content (AvgIpc) is 2.48. The van der Waals surface area contributed by atoms with Gasteiger partial charge in [0.2, 0.25) is 0 Å². The second-order valence-corrected chi connectivity index (χ2v) is 7.56. The van der Waals surface area contributed by atoms with Crippen molar-refractivity contribution in [2.24, 2.45) is 5.92 Å². The molecule has 23 heavy (non-hydrogen) atoms. The lowest BCUT2D eigenvalue weighted by Gasteiger charge is -2.11. The summed E-state index contributed by atoms with van der Waals surface area (Å²) in [4.78, 5) is 4.43. The van der Waals surface area contributed by atoms with E-state index >= 15 is 0 Å². The number of aryl methyl sites for hydroxylation is 1. The van der Waals surface area contributed by atoms with Crippen molar-refractivity contribution in [3.05, 3.63) is 48.2 Å². The van der Waals surface area contributed by atoms with Crippen LogP contribution in [0.5, 0.6) is 0 Å². The molecule has 0 fully saturated rings. The van der Waals surface area contributed by atoms with E-state index in [0.29, 0.717) is 17.3 Å². The highest BCUT2D eigenvalue weighted by Crippen LogP contribution is 2.18. The minimum Gasteiger partial charge on any atom is -0.384 e. The van der Waals surface area contributed by atoms with Gasteiger partial charge < -0.3 is 5.32 Å². The van der Waals surface area contributed by atoms with Crippen molar-refractivity contribution >= 4 is 21.5 Å².